The molecule has 2 amide bonds. The first kappa shape index (κ1) is 8.04. The van der Waals surface area contributed by atoms with Gasteiger partial charge in [-0.1, -0.05) is 0 Å². The molecule has 0 aromatic carbocycles. The van der Waals surface area contributed by atoms with E-state index >= 15 is 0 Å². The predicted molar refractivity (Wildman–Crippen MR) is 39.8 cm³/mol. The van der Waals surface area contributed by atoms with Gasteiger partial charge < -0.3 is 10.6 Å². The number of hydrogen-bond acceptors (Lipinski definition) is 2. The van der Waals surface area contributed by atoms with E-state index in [1.807, 2.05) is 0 Å². The van der Waals surface area contributed by atoms with Crippen molar-refractivity contribution in [3.63, 3.8) is 0 Å². The highest BCUT2D eigenvalue weighted by atomic mass is 16.2. The molecule has 0 saturated carbocycles. The quantitative estimate of drug-likeness (QED) is 0.422. The molecule has 0 aromatic heterocycles. The van der Waals surface area contributed by atoms with Crippen molar-refractivity contribution >= 4 is 12.3 Å². The second kappa shape index (κ2) is 3.95. The molecular formula is C7H12N2O2. The van der Waals surface area contributed by atoms with Gasteiger partial charge in [-0.2, -0.15) is 0 Å². The van der Waals surface area contributed by atoms with E-state index in [0.717, 1.165) is 12.8 Å². The van der Waals surface area contributed by atoms with E-state index < -0.39 is 0 Å². The van der Waals surface area contributed by atoms with Crippen molar-refractivity contribution in [3.8, 4) is 0 Å². The maximum Gasteiger partial charge on any atom is 0.220 e. The maximum atomic E-state index is 10.7. The Labute approximate surface area is 65.3 Å². The highest BCUT2D eigenvalue weighted by Gasteiger charge is 2.19. The van der Waals surface area contributed by atoms with Crippen LogP contribution in [-0.2, 0) is 9.59 Å². The van der Waals surface area contributed by atoms with Crippen LogP contribution in [0.3, 0.4) is 0 Å². The summed E-state index contributed by atoms with van der Waals surface area (Å²) in [5.74, 6) is 0.126. The first-order valence-corrected chi connectivity index (χ1v) is 3.79. The Bertz CT molecular complexity index is 159. The molecule has 0 unspecified atom stereocenters. The predicted octanol–water partition coefficient (Wildman–Crippen LogP) is -0.599. The topological polar surface area (TPSA) is 58.2 Å². The fourth-order valence-electron chi connectivity index (χ4n) is 1.21. The standard InChI is InChI=1S/C7H12N2O2/c10-5-8-4-3-6-1-2-7(11)9-6/h5-6H,1-4H2,(H,8,10)(H,9,11)/t6-/m0/s1. The van der Waals surface area contributed by atoms with Crippen LogP contribution in [0.5, 0.6) is 0 Å². The van der Waals surface area contributed by atoms with Gasteiger partial charge in [0.25, 0.3) is 0 Å². The molecule has 0 radical (unpaired) electrons. The van der Waals surface area contributed by atoms with Crippen LogP contribution in [0.25, 0.3) is 0 Å². The van der Waals surface area contributed by atoms with Crippen molar-refractivity contribution in [2.45, 2.75) is 25.3 Å². The minimum atomic E-state index is 0.126. The van der Waals surface area contributed by atoms with Crippen LogP contribution in [0.4, 0.5) is 0 Å². The second-order valence-corrected chi connectivity index (χ2v) is 2.66. The number of hydrogen-bond donors (Lipinski definition) is 2. The van der Waals surface area contributed by atoms with E-state index in [0.29, 0.717) is 19.4 Å². The Morgan fingerprint density at radius 3 is 3.09 bits per heavy atom. The molecule has 2 N–H and O–H groups in total. The van der Waals surface area contributed by atoms with Crippen molar-refractivity contribution in [1.29, 1.82) is 0 Å². The lowest BCUT2D eigenvalue weighted by Crippen LogP contribution is -2.28. The highest BCUT2D eigenvalue weighted by Crippen LogP contribution is 2.08. The van der Waals surface area contributed by atoms with Crippen LogP contribution >= 0.6 is 0 Å². The molecule has 11 heavy (non-hydrogen) atoms. The Balaban J connectivity index is 2.08. The zero-order valence-corrected chi connectivity index (χ0v) is 6.30. The first-order valence-electron chi connectivity index (χ1n) is 3.79. The van der Waals surface area contributed by atoms with Gasteiger partial charge in [0.15, 0.2) is 0 Å². The smallest absolute Gasteiger partial charge is 0.220 e. The molecule has 62 valence electrons. The van der Waals surface area contributed by atoms with E-state index in [9.17, 15) is 9.59 Å². The molecule has 0 bridgehead atoms. The van der Waals surface area contributed by atoms with Gasteiger partial charge in [-0.25, -0.2) is 0 Å². The van der Waals surface area contributed by atoms with Crippen LogP contribution in [0, 0.1) is 0 Å². The van der Waals surface area contributed by atoms with Gasteiger partial charge >= 0.3 is 0 Å². The summed E-state index contributed by atoms with van der Waals surface area (Å²) in [6.45, 7) is 0.647. The normalized spacial score (nSPS) is 22.9. The number of amides is 2. The summed E-state index contributed by atoms with van der Waals surface area (Å²) in [5.41, 5.74) is 0. The fourth-order valence-corrected chi connectivity index (χ4v) is 1.21. The molecule has 0 spiro atoms. The lowest BCUT2D eigenvalue weighted by Gasteiger charge is -2.07. The summed E-state index contributed by atoms with van der Waals surface area (Å²) in [6.07, 6.45) is 3.05. The zero-order chi connectivity index (χ0) is 8.10. The summed E-state index contributed by atoms with van der Waals surface area (Å²) in [6, 6.07) is 0.273. The zero-order valence-electron chi connectivity index (χ0n) is 6.30. The largest absolute Gasteiger partial charge is 0.359 e. The van der Waals surface area contributed by atoms with Crippen LogP contribution < -0.4 is 10.6 Å². The molecular weight excluding hydrogens is 144 g/mol. The maximum absolute atomic E-state index is 10.7. The molecule has 1 fully saturated rings. The van der Waals surface area contributed by atoms with Gasteiger partial charge in [0.1, 0.15) is 0 Å². The summed E-state index contributed by atoms with van der Waals surface area (Å²) in [7, 11) is 0. The minimum Gasteiger partial charge on any atom is -0.359 e. The second-order valence-electron chi connectivity index (χ2n) is 2.66. The lowest BCUT2D eigenvalue weighted by atomic mass is 10.2. The number of rotatable bonds is 4. The van der Waals surface area contributed by atoms with Gasteiger partial charge in [-0.05, 0) is 12.8 Å². The van der Waals surface area contributed by atoms with E-state index in [2.05, 4.69) is 10.6 Å². The van der Waals surface area contributed by atoms with Gasteiger partial charge in [0, 0.05) is 19.0 Å². The molecule has 1 saturated heterocycles. The Hall–Kier alpha value is -1.06. The highest BCUT2D eigenvalue weighted by molar-refractivity contribution is 5.78. The third-order valence-corrected chi connectivity index (χ3v) is 1.81. The van der Waals surface area contributed by atoms with Crippen LogP contribution in [0.1, 0.15) is 19.3 Å². The summed E-state index contributed by atoms with van der Waals surface area (Å²) >= 11 is 0. The average molecular weight is 156 g/mol. The Morgan fingerprint density at radius 1 is 1.73 bits per heavy atom. The molecule has 4 heteroatoms. The van der Waals surface area contributed by atoms with E-state index in [-0.39, 0.29) is 11.9 Å². The molecule has 1 atom stereocenters. The van der Waals surface area contributed by atoms with E-state index in [1.165, 1.54) is 0 Å². The molecule has 4 nitrogen and oxygen atoms in total. The SMILES string of the molecule is O=CNCC[C@@H]1CCC(=O)N1. The fraction of sp³-hybridized carbons (Fsp3) is 0.714. The number of carbonyl (C=O) groups excluding carboxylic acids is 2. The van der Waals surface area contributed by atoms with Crippen molar-refractivity contribution in [3.05, 3.63) is 0 Å². The average Bonchev–Trinajstić information content (AvgIpc) is 2.37. The lowest BCUT2D eigenvalue weighted by molar-refractivity contribution is -0.119. The summed E-state index contributed by atoms with van der Waals surface area (Å²) in [5, 5.41) is 5.38. The van der Waals surface area contributed by atoms with Crippen molar-refractivity contribution in [2.75, 3.05) is 6.54 Å². The van der Waals surface area contributed by atoms with Crippen molar-refractivity contribution in [2.24, 2.45) is 0 Å². The molecule has 1 aliphatic rings. The number of carbonyl (C=O) groups is 2. The Morgan fingerprint density at radius 2 is 2.55 bits per heavy atom. The van der Waals surface area contributed by atoms with Crippen LogP contribution in [0.2, 0.25) is 0 Å². The minimum absolute atomic E-state index is 0.126. The molecule has 0 aromatic rings. The van der Waals surface area contributed by atoms with Crippen molar-refractivity contribution < 1.29 is 9.59 Å². The van der Waals surface area contributed by atoms with Gasteiger partial charge in [0.2, 0.25) is 12.3 Å². The molecule has 1 rings (SSSR count). The van der Waals surface area contributed by atoms with Gasteiger partial charge in [-0.15, -0.1) is 0 Å². The third kappa shape index (κ3) is 2.57. The summed E-state index contributed by atoms with van der Waals surface area (Å²) < 4.78 is 0. The molecule has 0 aliphatic carbocycles. The summed E-state index contributed by atoms with van der Waals surface area (Å²) in [4.78, 5) is 20.5. The van der Waals surface area contributed by atoms with Crippen molar-refractivity contribution in [1.82, 2.24) is 10.6 Å². The van der Waals surface area contributed by atoms with E-state index in [1.54, 1.807) is 0 Å². The van der Waals surface area contributed by atoms with Crippen LogP contribution in [0.15, 0.2) is 0 Å². The Kier molecular flexibility index (Phi) is 2.89. The van der Waals surface area contributed by atoms with E-state index in [4.69, 9.17) is 0 Å². The number of nitrogens with one attached hydrogen (secondary N) is 2. The molecule has 1 heterocycles. The van der Waals surface area contributed by atoms with Gasteiger partial charge in [0.05, 0.1) is 0 Å². The van der Waals surface area contributed by atoms with Crippen LogP contribution in [-0.4, -0.2) is 24.9 Å². The monoisotopic (exact) mass is 156 g/mol. The first-order chi connectivity index (χ1) is 5.33. The third-order valence-electron chi connectivity index (χ3n) is 1.81. The van der Waals surface area contributed by atoms with Gasteiger partial charge in [-0.3, -0.25) is 9.59 Å². The molecule has 1 aliphatic heterocycles.